The van der Waals surface area contributed by atoms with E-state index in [0.29, 0.717) is 6.04 Å². The first-order valence-electron chi connectivity index (χ1n) is 7.76. The fourth-order valence-corrected chi connectivity index (χ4v) is 3.22. The highest BCUT2D eigenvalue weighted by Crippen LogP contribution is 2.24. The zero-order valence-corrected chi connectivity index (χ0v) is 13.0. The Kier molecular flexibility index (Phi) is 4.24. The predicted octanol–water partition coefficient (Wildman–Crippen LogP) is 2.48. The second kappa shape index (κ2) is 6.14. The van der Waals surface area contributed by atoms with Crippen molar-refractivity contribution in [1.29, 1.82) is 0 Å². The van der Waals surface area contributed by atoms with Gasteiger partial charge in [0.25, 0.3) is 0 Å². The van der Waals surface area contributed by atoms with E-state index in [1.54, 1.807) is 0 Å². The minimum Gasteiger partial charge on any atom is -0.324 e. The minimum absolute atomic E-state index is 0.105. The molecule has 3 rings (SSSR count). The maximum atomic E-state index is 6.48. The van der Waals surface area contributed by atoms with E-state index in [1.165, 1.54) is 16.3 Å². The largest absolute Gasteiger partial charge is 0.324 e. The van der Waals surface area contributed by atoms with Gasteiger partial charge in [-0.15, -0.1) is 0 Å². The van der Waals surface area contributed by atoms with Crippen LogP contribution in [0.3, 0.4) is 0 Å². The first-order valence-corrected chi connectivity index (χ1v) is 7.76. The molecule has 0 radical (unpaired) electrons. The monoisotopic (exact) mass is 283 g/mol. The van der Waals surface area contributed by atoms with E-state index in [1.807, 2.05) is 0 Å². The molecule has 0 aromatic heterocycles. The summed E-state index contributed by atoms with van der Waals surface area (Å²) in [4.78, 5) is 4.85. The normalized spacial score (nSPS) is 22.5. The lowest BCUT2D eigenvalue weighted by Crippen LogP contribution is -2.50. The van der Waals surface area contributed by atoms with Crippen LogP contribution in [-0.4, -0.2) is 49.6 Å². The van der Waals surface area contributed by atoms with Crippen LogP contribution < -0.4 is 5.73 Å². The van der Waals surface area contributed by atoms with Crippen molar-refractivity contribution in [3.05, 3.63) is 48.0 Å². The topological polar surface area (TPSA) is 32.5 Å². The van der Waals surface area contributed by atoms with Crippen molar-refractivity contribution in [1.82, 2.24) is 9.80 Å². The first-order chi connectivity index (χ1) is 10.1. The molecule has 112 valence electrons. The zero-order chi connectivity index (χ0) is 14.8. The molecule has 2 unspecified atom stereocenters. The quantitative estimate of drug-likeness (QED) is 0.939. The van der Waals surface area contributed by atoms with Gasteiger partial charge in [0.05, 0.1) is 0 Å². The van der Waals surface area contributed by atoms with Gasteiger partial charge in [-0.05, 0) is 42.9 Å². The van der Waals surface area contributed by atoms with Crippen LogP contribution in [0.4, 0.5) is 0 Å². The van der Waals surface area contributed by atoms with Gasteiger partial charge in [-0.2, -0.15) is 0 Å². The summed E-state index contributed by atoms with van der Waals surface area (Å²) in [6, 6.07) is 15.7. The Morgan fingerprint density at radius 2 is 1.86 bits per heavy atom. The van der Waals surface area contributed by atoms with E-state index in [4.69, 9.17) is 5.73 Å². The number of nitrogens with zero attached hydrogens (tertiary/aromatic N) is 2. The molecule has 1 fully saturated rings. The molecule has 0 amide bonds. The summed E-state index contributed by atoms with van der Waals surface area (Å²) in [6.07, 6.45) is 1.01. The van der Waals surface area contributed by atoms with E-state index >= 15 is 0 Å². The summed E-state index contributed by atoms with van der Waals surface area (Å²) in [6.45, 7) is 3.39. The van der Waals surface area contributed by atoms with Crippen molar-refractivity contribution >= 4 is 10.8 Å². The predicted molar refractivity (Wildman–Crippen MR) is 89.4 cm³/mol. The van der Waals surface area contributed by atoms with Crippen LogP contribution >= 0.6 is 0 Å². The fourth-order valence-electron chi connectivity index (χ4n) is 3.22. The molecule has 0 saturated carbocycles. The number of piperazine rings is 1. The average Bonchev–Trinajstić information content (AvgIpc) is 2.50. The number of rotatable bonds is 3. The van der Waals surface area contributed by atoms with E-state index in [0.717, 1.165) is 26.1 Å². The molecule has 1 heterocycles. The molecule has 2 N–H and O–H groups in total. The van der Waals surface area contributed by atoms with Gasteiger partial charge in [-0.3, -0.25) is 0 Å². The van der Waals surface area contributed by atoms with Crippen LogP contribution in [0, 0.1) is 0 Å². The van der Waals surface area contributed by atoms with Gasteiger partial charge in [-0.1, -0.05) is 36.4 Å². The molecule has 2 aromatic carbocycles. The molecule has 0 aliphatic carbocycles. The summed E-state index contributed by atoms with van der Waals surface area (Å²) < 4.78 is 0. The summed E-state index contributed by atoms with van der Waals surface area (Å²) in [5.74, 6) is 0. The minimum atomic E-state index is 0.105. The van der Waals surface area contributed by atoms with Gasteiger partial charge >= 0.3 is 0 Å². The van der Waals surface area contributed by atoms with E-state index in [9.17, 15) is 0 Å². The third-order valence-electron chi connectivity index (χ3n) is 4.71. The Morgan fingerprint density at radius 1 is 1.10 bits per heavy atom. The summed E-state index contributed by atoms with van der Waals surface area (Å²) >= 11 is 0. The highest BCUT2D eigenvalue weighted by Gasteiger charge is 2.24. The highest BCUT2D eigenvalue weighted by molar-refractivity contribution is 5.83. The summed E-state index contributed by atoms with van der Waals surface area (Å²) in [7, 11) is 4.41. The Balaban J connectivity index is 1.75. The number of fused-ring (bicyclic) bond motifs is 1. The number of nitrogens with two attached hydrogens (primary N) is 1. The van der Waals surface area contributed by atoms with Gasteiger partial charge in [0.1, 0.15) is 0 Å². The number of hydrogen-bond acceptors (Lipinski definition) is 3. The maximum Gasteiger partial charge on any atom is 0.0310 e. The molecule has 2 atom stereocenters. The van der Waals surface area contributed by atoms with E-state index in [2.05, 4.69) is 66.4 Å². The standard InChI is InChI=1S/C18H25N3/c1-20-9-10-21(2)17(13-20)12-18(19)16-8-7-14-5-3-4-6-15(14)11-16/h3-8,11,17-18H,9-10,12-13,19H2,1-2H3. The van der Waals surface area contributed by atoms with Gasteiger partial charge in [0, 0.05) is 31.7 Å². The van der Waals surface area contributed by atoms with E-state index < -0.39 is 0 Å². The Bertz CT molecular complexity index is 610. The molecule has 1 aliphatic rings. The van der Waals surface area contributed by atoms with Crippen LogP contribution in [0.25, 0.3) is 10.8 Å². The molecular formula is C18H25N3. The van der Waals surface area contributed by atoms with Crippen molar-refractivity contribution in [2.75, 3.05) is 33.7 Å². The van der Waals surface area contributed by atoms with Crippen LogP contribution in [0.15, 0.2) is 42.5 Å². The van der Waals surface area contributed by atoms with Crippen LogP contribution in [0.1, 0.15) is 18.0 Å². The van der Waals surface area contributed by atoms with Crippen molar-refractivity contribution in [3.63, 3.8) is 0 Å². The Morgan fingerprint density at radius 3 is 2.67 bits per heavy atom. The van der Waals surface area contributed by atoms with Crippen LogP contribution in [0.2, 0.25) is 0 Å². The zero-order valence-electron chi connectivity index (χ0n) is 13.0. The number of benzene rings is 2. The molecule has 0 spiro atoms. The van der Waals surface area contributed by atoms with Crippen molar-refractivity contribution in [3.8, 4) is 0 Å². The fraction of sp³-hybridized carbons (Fsp3) is 0.444. The number of hydrogen-bond donors (Lipinski definition) is 1. The smallest absolute Gasteiger partial charge is 0.0310 e. The van der Waals surface area contributed by atoms with E-state index in [-0.39, 0.29) is 6.04 Å². The van der Waals surface area contributed by atoms with Crippen LogP contribution in [0.5, 0.6) is 0 Å². The lowest BCUT2D eigenvalue weighted by molar-refractivity contribution is 0.104. The lowest BCUT2D eigenvalue weighted by Gasteiger charge is -2.38. The molecule has 3 nitrogen and oxygen atoms in total. The van der Waals surface area contributed by atoms with Gasteiger partial charge < -0.3 is 15.5 Å². The van der Waals surface area contributed by atoms with Gasteiger partial charge in [0.15, 0.2) is 0 Å². The lowest BCUT2D eigenvalue weighted by atomic mass is 9.96. The highest BCUT2D eigenvalue weighted by atomic mass is 15.3. The molecule has 1 saturated heterocycles. The molecule has 2 aromatic rings. The Labute approximate surface area is 127 Å². The maximum absolute atomic E-state index is 6.48. The van der Waals surface area contributed by atoms with Crippen molar-refractivity contribution in [2.45, 2.75) is 18.5 Å². The van der Waals surface area contributed by atoms with Crippen molar-refractivity contribution < 1.29 is 0 Å². The molecular weight excluding hydrogens is 258 g/mol. The number of likely N-dealkylation sites (N-methyl/N-ethyl adjacent to an activating group) is 2. The molecule has 0 bridgehead atoms. The molecule has 3 heteroatoms. The second-order valence-corrected chi connectivity index (χ2v) is 6.35. The SMILES string of the molecule is CN1CCN(C)C(CC(N)c2ccc3ccccc3c2)C1. The average molecular weight is 283 g/mol. The first kappa shape index (κ1) is 14.5. The van der Waals surface area contributed by atoms with Gasteiger partial charge in [-0.25, -0.2) is 0 Å². The second-order valence-electron chi connectivity index (χ2n) is 6.35. The van der Waals surface area contributed by atoms with Gasteiger partial charge in [0.2, 0.25) is 0 Å². The third kappa shape index (κ3) is 3.26. The summed E-state index contributed by atoms with van der Waals surface area (Å²) in [5, 5.41) is 2.56. The molecule has 21 heavy (non-hydrogen) atoms. The van der Waals surface area contributed by atoms with Crippen LogP contribution in [-0.2, 0) is 0 Å². The van der Waals surface area contributed by atoms with Crippen molar-refractivity contribution in [2.24, 2.45) is 5.73 Å². The summed E-state index contributed by atoms with van der Waals surface area (Å²) in [5.41, 5.74) is 7.73. The third-order valence-corrected chi connectivity index (χ3v) is 4.71. The Hall–Kier alpha value is -1.42. The molecule has 1 aliphatic heterocycles.